The highest BCUT2D eigenvalue weighted by Gasteiger charge is 2.20. The molecule has 4 aromatic rings. The van der Waals surface area contributed by atoms with E-state index in [4.69, 9.17) is 9.40 Å². The summed E-state index contributed by atoms with van der Waals surface area (Å²) in [5.41, 5.74) is 3.38. The summed E-state index contributed by atoms with van der Waals surface area (Å²) in [7, 11) is 0. The molecule has 0 saturated heterocycles. The Morgan fingerprint density at radius 3 is 2.72 bits per heavy atom. The van der Waals surface area contributed by atoms with Gasteiger partial charge in [-0.05, 0) is 44.0 Å². The Balaban J connectivity index is 1.65. The summed E-state index contributed by atoms with van der Waals surface area (Å²) in [6, 6.07) is 11.3. The van der Waals surface area contributed by atoms with Gasteiger partial charge in [-0.1, -0.05) is 36.9 Å². The summed E-state index contributed by atoms with van der Waals surface area (Å²) >= 11 is 1.23. The van der Waals surface area contributed by atoms with E-state index in [2.05, 4.69) is 10.4 Å². The van der Waals surface area contributed by atoms with Crippen molar-refractivity contribution in [3.63, 3.8) is 0 Å². The summed E-state index contributed by atoms with van der Waals surface area (Å²) < 4.78 is 8.67. The molecule has 0 fully saturated rings. The molecule has 9 heteroatoms. The van der Waals surface area contributed by atoms with E-state index in [1.54, 1.807) is 21.6 Å². The summed E-state index contributed by atoms with van der Waals surface area (Å²) in [4.78, 5) is 30.8. The number of nitrogens with one attached hydrogen (secondary N) is 1. The molecule has 8 nitrogen and oxygen atoms in total. The fourth-order valence-electron chi connectivity index (χ4n) is 3.59. The predicted octanol–water partition coefficient (Wildman–Crippen LogP) is 3.86. The molecule has 3 heterocycles. The normalized spacial score (nSPS) is 11.2. The van der Waals surface area contributed by atoms with E-state index in [0.29, 0.717) is 34.2 Å². The van der Waals surface area contributed by atoms with Crippen LogP contribution in [0, 0.1) is 6.92 Å². The molecule has 4 rings (SSSR count). The number of anilines is 1. The van der Waals surface area contributed by atoms with Gasteiger partial charge in [0.2, 0.25) is 5.91 Å². The Morgan fingerprint density at radius 1 is 1.19 bits per heavy atom. The standard InChI is InChI=1S/C23H25N5O3S/c1-4-16-9-6-7-11-18(16)24-19(29)14-32-23-25-20-15(3)26-28(5-2)21(20)22(30)27(23)13-17-10-8-12-31-17/h6-12H,4-5,13-14H2,1-3H3,(H,24,29). The van der Waals surface area contributed by atoms with Crippen LogP contribution in [-0.2, 0) is 24.3 Å². The number of thioether (sulfide) groups is 1. The molecule has 32 heavy (non-hydrogen) atoms. The number of para-hydroxylation sites is 1. The molecule has 0 aliphatic carbocycles. The molecule has 1 aromatic carbocycles. The maximum Gasteiger partial charge on any atom is 0.280 e. The molecule has 0 atom stereocenters. The Kier molecular flexibility index (Phi) is 6.45. The van der Waals surface area contributed by atoms with E-state index in [0.717, 1.165) is 17.7 Å². The molecule has 0 radical (unpaired) electrons. The van der Waals surface area contributed by atoms with Crippen LogP contribution in [0.4, 0.5) is 5.69 Å². The van der Waals surface area contributed by atoms with Crippen molar-refractivity contribution < 1.29 is 9.21 Å². The van der Waals surface area contributed by atoms with E-state index in [1.807, 2.05) is 51.1 Å². The zero-order valence-corrected chi connectivity index (χ0v) is 19.1. The van der Waals surface area contributed by atoms with Crippen LogP contribution < -0.4 is 10.9 Å². The van der Waals surface area contributed by atoms with Gasteiger partial charge in [-0.2, -0.15) is 5.10 Å². The monoisotopic (exact) mass is 451 g/mol. The number of rotatable bonds is 8. The number of carbonyl (C=O) groups is 1. The first-order valence-electron chi connectivity index (χ1n) is 10.5. The van der Waals surface area contributed by atoms with Crippen LogP contribution in [0.25, 0.3) is 11.0 Å². The highest BCUT2D eigenvalue weighted by molar-refractivity contribution is 7.99. The molecule has 1 amide bonds. The highest BCUT2D eigenvalue weighted by atomic mass is 32.2. The number of nitrogens with zero attached hydrogens (tertiary/aromatic N) is 4. The van der Waals surface area contributed by atoms with Crippen LogP contribution in [0.5, 0.6) is 0 Å². The zero-order valence-electron chi connectivity index (χ0n) is 18.3. The van der Waals surface area contributed by atoms with Crippen molar-refractivity contribution in [3.05, 3.63) is 70.0 Å². The minimum atomic E-state index is -0.201. The van der Waals surface area contributed by atoms with E-state index in [-0.39, 0.29) is 23.8 Å². The molecule has 0 saturated carbocycles. The van der Waals surface area contributed by atoms with E-state index in [9.17, 15) is 9.59 Å². The fraction of sp³-hybridized carbons (Fsp3) is 0.304. The largest absolute Gasteiger partial charge is 0.467 e. The smallest absolute Gasteiger partial charge is 0.280 e. The Bertz CT molecular complexity index is 1310. The van der Waals surface area contributed by atoms with Crippen molar-refractivity contribution in [1.29, 1.82) is 0 Å². The third-order valence-electron chi connectivity index (χ3n) is 5.18. The number of aryl methyl sites for hydroxylation is 3. The lowest BCUT2D eigenvalue weighted by Gasteiger charge is -2.12. The van der Waals surface area contributed by atoms with Crippen molar-refractivity contribution >= 4 is 34.4 Å². The summed E-state index contributed by atoms with van der Waals surface area (Å²) in [6.07, 6.45) is 2.39. The van der Waals surface area contributed by atoms with Crippen molar-refractivity contribution in [1.82, 2.24) is 19.3 Å². The molecule has 0 bridgehead atoms. The van der Waals surface area contributed by atoms with Crippen LogP contribution >= 0.6 is 11.8 Å². The molecule has 1 N–H and O–H groups in total. The number of hydrogen-bond donors (Lipinski definition) is 1. The van der Waals surface area contributed by atoms with Crippen LogP contribution in [0.15, 0.2) is 57.0 Å². The number of hydrogen-bond acceptors (Lipinski definition) is 6. The predicted molar refractivity (Wildman–Crippen MR) is 125 cm³/mol. The van der Waals surface area contributed by atoms with Crippen molar-refractivity contribution in [2.24, 2.45) is 0 Å². The molecule has 166 valence electrons. The van der Waals surface area contributed by atoms with Crippen LogP contribution in [-0.4, -0.2) is 31.0 Å². The van der Waals surface area contributed by atoms with Crippen LogP contribution in [0.1, 0.15) is 30.9 Å². The quantitative estimate of drug-likeness (QED) is 0.323. The lowest BCUT2D eigenvalue weighted by molar-refractivity contribution is -0.113. The first-order valence-corrected chi connectivity index (χ1v) is 11.5. The topological polar surface area (TPSA) is 95.0 Å². The number of aromatic nitrogens is 4. The minimum Gasteiger partial charge on any atom is -0.467 e. The van der Waals surface area contributed by atoms with Crippen molar-refractivity contribution in [3.8, 4) is 0 Å². The maximum atomic E-state index is 13.4. The van der Waals surface area contributed by atoms with Crippen LogP contribution in [0.2, 0.25) is 0 Å². The summed E-state index contributed by atoms with van der Waals surface area (Å²) in [5, 5.41) is 7.87. The van der Waals surface area contributed by atoms with Gasteiger partial charge in [-0.15, -0.1) is 0 Å². The third kappa shape index (κ3) is 4.34. The average Bonchev–Trinajstić information content (AvgIpc) is 3.42. The second-order valence-corrected chi connectivity index (χ2v) is 8.25. The molecular formula is C23H25N5O3S. The minimum absolute atomic E-state index is 0.120. The lowest BCUT2D eigenvalue weighted by atomic mass is 10.1. The van der Waals surface area contributed by atoms with Gasteiger partial charge in [-0.3, -0.25) is 18.8 Å². The number of fused-ring (bicyclic) bond motifs is 1. The summed E-state index contributed by atoms with van der Waals surface area (Å²) in [6.45, 7) is 6.61. The first-order chi connectivity index (χ1) is 15.5. The first kappa shape index (κ1) is 21.9. The fourth-order valence-corrected chi connectivity index (χ4v) is 4.38. The highest BCUT2D eigenvalue weighted by Crippen LogP contribution is 2.22. The Morgan fingerprint density at radius 2 is 2.00 bits per heavy atom. The molecule has 0 aliphatic rings. The molecule has 0 unspecified atom stereocenters. The number of carbonyl (C=O) groups excluding carboxylic acids is 1. The van der Waals surface area contributed by atoms with Crippen molar-refractivity contribution in [2.45, 2.75) is 45.4 Å². The molecule has 3 aromatic heterocycles. The second-order valence-electron chi connectivity index (χ2n) is 7.31. The SMILES string of the molecule is CCc1ccccc1NC(=O)CSc1nc2c(C)nn(CC)c2c(=O)n1Cc1ccco1. The van der Waals surface area contributed by atoms with Gasteiger partial charge in [0.15, 0.2) is 10.7 Å². The second kappa shape index (κ2) is 9.44. The number of amides is 1. The molecule has 0 aliphatic heterocycles. The van der Waals surface area contributed by atoms with Gasteiger partial charge in [0, 0.05) is 12.2 Å². The van der Waals surface area contributed by atoms with Gasteiger partial charge < -0.3 is 9.73 Å². The zero-order chi connectivity index (χ0) is 22.7. The molecular weight excluding hydrogens is 426 g/mol. The van der Waals surface area contributed by atoms with Gasteiger partial charge in [0.1, 0.15) is 11.3 Å². The van der Waals surface area contributed by atoms with Gasteiger partial charge in [0.05, 0.1) is 24.3 Å². The number of benzene rings is 1. The number of furan rings is 1. The van der Waals surface area contributed by atoms with Crippen molar-refractivity contribution in [2.75, 3.05) is 11.1 Å². The van der Waals surface area contributed by atoms with Gasteiger partial charge >= 0.3 is 0 Å². The lowest BCUT2D eigenvalue weighted by Crippen LogP contribution is -2.26. The van der Waals surface area contributed by atoms with E-state index < -0.39 is 0 Å². The van der Waals surface area contributed by atoms with Crippen LogP contribution in [0.3, 0.4) is 0 Å². The summed E-state index contributed by atoms with van der Waals surface area (Å²) in [5.74, 6) is 0.598. The van der Waals surface area contributed by atoms with Gasteiger partial charge in [-0.25, -0.2) is 4.98 Å². The molecule has 0 spiro atoms. The van der Waals surface area contributed by atoms with E-state index >= 15 is 0 Å². The Labute approximate surface area is 189 Å². The Hall–Kier alpha value is -3.33. The maximum absolute atomic E-state index is 13.4. The van der Waals surface area contributed by atoms with E-state index in [1.165, 1.54) is 11.8 Å². The average molecular weight is 452 g/mol. The third-order valence-corrected chi connectivity index (χ3v) is 6.16. The van der Waals surface area contributed by atoms with Gasteiger partial charge in [0.25, 0.3) is 5.56 Å².